The Morgan fingerprint density at radius 3 is 1.74 bits per heavy atom. The molecule has 1 aliphatic rings. The monoisotopic (exact) mass is 558 g/mol. The predicted molar refractivity (Wildman–Crippen MR) is 176 cm³/mol. The van der Waals surface area contributed by atoms with Crippen molar-refractivity contribution in [1.82, 2.24) is 0 Å². The Bertz CT molecular complexity index is 1940. The zero-order valence-corrected chi connectivity index (χ0v) is 25.0. The summed E-state index contributed by atoms with van der Waals surface area (Å²) in [5.74, 6) is 1.89. The molecule has 0 spiro atoms. The van der Waals surface area contributed by atoms with Crippen LogP contribution in [0.25, 0.3) is 22.3 Å². The summed E-state index contributed by atoms with van der Waals surface area (Å²) in [5, 5.41) is 10.3. The van der Waals surface area contributed by atoms with Crippen LogP contribution in [-0.2, 0) is 5.41 Å². The van der Waals surface area contributed by atoms with E-state index >= 15 is 0 Å². The molecule has 0 unspecified atom stereocenters. The molecule has 2 nitrogen and oxygen atoms in total. The molecule has 0 radical (unpaired) electrons. The summed E-state index contributed by atoms with van der Waals surface area (Å²) in [6, 6.07) is 45.3. The van der Waals surface area contributed by atoms with Gasteiger partial charge >= 0.3 is 0 Å². The average Bonchev–Trinajstić information content (AvgIpc) is 3.31. The second-order valence-electron chi connectivity index (χ2n) is 11.8. The van der Waals surface area contributed by atoms with Gasteiger partial charge in [0, 0.05) is 0 Å². The first-order valence-electron chi connectivity index (χ1n) is 14.8. The highest BCUT2D eigenvalue weighted by Gasteiger charge is 2.46. The van der Waals surface area contributed by atoms with Gasteiger partial charge in [0.1, 0.15) is 17.2 Å². The van der Waals surface area contributed by atoms with Gasteiger partial charge in [-0.2, -0.15) is 0 Å². The third-order valence-corrected chi connectivity index (χ3v) is 8.94. The maximum absolute atomic E-state index is 10.3. The topological polar surface area (TPSA) is 29.5 Å². The first-order chi connectivity index (χ1) is 20.8. The number of hydrogen-bond donors (Lipinski definition) is 1. The summed E-state index contributed by atoms with van der Waals surface area (Å²) in [5.41, 5.74) is 13.4. The number of aryl methyl sites for hydroxylation is 4. The van der Waals surface area contributed by atoms with Crippen molar-refractivity contribution in [2.75, 3.05) is 0 Å². The number of phenols is 1. The summed E-state index contributed by atoms with van der Waals surface area (Å²) < 4.78 is 6.61. The van der Waals surface area contributed by atoms with Crippen molar-refractivity contribution in [3.05, 3.63) is 172 Å². The van der Waals surface area contributed by atoms with Crippen LogP contribution in [0.2, 0.25) is 0 Å². The molecule has 0 aliphatic heterocycles. The van der Waals surface area contributed by atoms with E-state index in [0.29, 0.717) is 5.75 Å². The van der Waals surface area contributed by atoms with Gasteiger partial charge in [-0.1, -0.05) is 114 Å². The Balaban J connectivity index is 1.37. The maximum Gasteiger partial charge on any atom is 0.130 e. The van der Waals surface area contributed by atoms with Crippen LogP contribution in [0.3, 0.4) is 0 Å². The minimum absolute atomic E-state index is 0.295. The molecule has 1 aliphatic carbocycles. The Morgan fingerprint density at radius 2 is 1.09 bits per heavy atom. The normalized spacial score (nSPS) is 12.9. The van der Waals surface area contributed by atoms with Crippen molar-refractivity contribution in [3.8, 4) is 39.5 Å². The molecule has 0 heterocycles. The molecule has 0 saturated heterocycles. The van der Waals surface area contributed by atoms with Crippen LogP contribution in [0.15, 0.2) is 127 Å². The Hall–Kier alpha value is -5.08. The fourth-order valence-electron chi connectivity index (χ4n) is 6.53. The number of aromatic hydroxyl groups is 1. The van der Waals surface area contributed by atoms with E-state index in [-0.39, 0.29) is 0 Å². The molecule has 2 heteroatoms. The maximum atomic E-state index is 10.3. The molecule has 210 valence electrons. The van der Waals surface area contributed by atoms with Crippen molar-refractivity contribution in [3.63, 3.8) is 0 Å². The second kappa shape index (κ2) is 10.3. The van der Waals surface area contributed by atoms with Gasteiger partial charge < -0.3 is 9.84 Å². The molecule has 43 heavy (non-hydrogen) atoms. The number of rotatable bonds is 5. The van der Waals surface area contributed by atoms with E-state index < -0.39 is 5.41 Å². The number of ether oxygens (including phenoxy) is 1. The lowest BCUT2D eigenvalue weighted by molar-refractivity contribution is 0.471. The standard InChI is InChI=1S/C41H34O2/c1-26-9-17-32(18-10-26)41(33-19-11-27(2)12-20-33)37-8-6-5-7-35(37)36-25-34(21-22-38(36)41)43-40-24-31(16-14-29(40)4)30-15-13-28(3)39(42)23-30/h5-25,42H,1-4H3. The molecule has 1 N–H and O–H groups in total. The SMILES string of the molecule is Cc1ccc(C2(c3ccc(C)cc3)c3ccccc3-c3cc(Oc4cc(-c5ccc(C)c(O)c5)ccc4C)ccc32)cc1. The lowest BCUT2D eigenvalue weighted by atomic mass is 9.67. The molecule has 0 bridgehead atoms. The van der Waals surface area contributed by atoms with E-state index in [0.717, 1.165) is 33.8 Å². The minimum Gasteiger partial charge on any atom is -0.508 e. The quantitative estimate of drug-likeness (QED) is 0.228. The largest absolute Gasteiger partial charge is 0.508 e. The van der Waals surface area contributed by atoms with Gasteiger partial charge in [-0.05, 0) is 108 Å². The van der Waals surface area contributed by atoms with Gasteiger partial charge in [0.2, 0.25) is 0 Å². The highest BCUT2D eigenvalue weighted by Crippen LogP contribution is 2.56. The molecule has 0 atom stereocenters. The lowest BCUT2D eigenvalue weighted by Crippen LogP contribution is -2.28. The van der Waals surface area contributed by atoms with Crippen LogP contribution in [0, 0.1) is 27.7 Å². The van der Waals surface area contributed by atoms with Crippen LogP contribution in [0.4, 0.5) is 0 Å². The highest BCUT2D eigenvalue weighted by molar-refractivity contribution is 5.87. The zero-order chi connectivity index (χ0) is 29.7. The molecule has 0 amide bonds. The van der Waals surface area contributed by atoms with Crippen molar-refractivity contribution in [2.24, 2.45) is 0 Å². The molecule has 7 rings (SSSR count). The third-order valence-electron chi connectivity index (χ3n) is 8.94. The van der Waals surface area contributed by atoms with Gasteiger partial charge in [0.05, 0.1) is 5.41 Å². The summed E-state index contributed by atoms with van der Waals surface area (Å²) in [6.07, 6.45) is 0. The highest BCUT2D eigenvalue weighted by atomic mass is 16.5. The molecular weight excluding hydrogens is 524 g/mol. The first kappa shape index (κ1) is 26.8. The van der Waals surface area contributed by atoms with E-state index in [1.165, 1.54) is 44.5 Å². The summed E-state index contributed by atoms with van der Waals surface area (Å²) in [7, 11) is 0. The molecule has 0 saturated carbocycles. The van der Waals surface area contributed by atoms with Crippen molar-refractivity contribution in [1.29, 1.82) is 0 Å². The number of hydrogen-bond acceptors (Lipinski definition) is 2. The summed E-state index contributed by atoms with van der Waals surface area (Å²) in [4.78, 5) is 0. The van der Waals surface area contributed by atoms with Crippen LogP contribution in [0.5, 0.6) is 17.2 Å². The van der Waals surface area contributed by atoms with E-state index in [1.54, 1.807) is 0 Å². The average molecular weight is 559 g/mol. The Labute approximate surface area is 253 Å². The summed E-state index contributed by atoms with van der Waals surface area (Å²) >= 11 is 0. The molecule has 0 fully saturated rings. The molecule has 6 aromatic rings. The predicted octanol–water partition coefficient (Wildman–Crippen LogP) is 10.4. The van der Waals surface area contributed by atoms with E-state index in [9.17, 15) is 5.11 Å². The number of fused-ring (bicyclic) bond motifs is 3. The smallest absolute Gasteiger partial charge is 0.130 e. The summed E-state index contributed by atoms with van der Waals surface area (Å²) in [6.45, 7) is 8.25. The van der Waals surface area contributed by atoms with Crippen molar-refractivity contribution >= 4 is 0 Å². The number of phenolic OH excluding ortho intramolecular Hbond substituents is 1. The third kappa shape index (κ3) is 4.42. The second-order valence-corrected chi connectivity index (χ2v) is 11.8. The van der Waals surface area contributed by atoms with E-state index in [1.807, 2.05) is 25.1 Å². The molecule has 0 aromatic heterocycles. The first-order valence-corrected chi connectivity index (χ1v) is 14.8. The van der Waals surface area contributed by atoms with Crippen LogP contribution in [-0.4, -0.2) is 5.11 Å². The van der Waals surface area contributed by atoms with Crippen molar-refractivity contribution < 1.29 is 9.84 Å². The van der Waals surface area contributed by atoms with Gasteiger partial charge in [0.25, 0.3) is 0 Å². The van der Waals surface area contributed by atoms with Crippen LogP contribution in [0.1, 0.15) is 44.5 Å². The lowest BCUT2D eigenvalue weighted by Gasteiger charge is -2.34. The Morgan fingerprint density at radius 1 is 0.512 bits per heavy atom. The van der Waals surface area contributed by atoms with Crippen LogP contribution >= 0.6 is 0 Å². The van der Waals surface area contributed by atoms with Crippen LogP contribution < -0.4 is 4.74 Å². The van der Waals surface area contributed by atoms with E-state index in [4.69, 9.17) is 4.74 Å². The Kier molecular flexibility index (Phi) is 6.43. The van der Waals surface area contributed by atoms with E-state index in [2.05, 4.69) is 130 Å². The van der Waals surface area contributed by atoms with Crippen molar-refractivity contribution in [2.45, 2.75) is 33.1 Å². The zero-order valence-electron chi connectivity index (χ0n) is 25.0. The minimum atomic E-state index is -0.435. The number of benzene rings is 6. The van der Waals surface area contributed by atoms with Gasteiger partial charge in [-0.15, -0.1) is 0 Å². The molecule has 6 aromatic carbocycles. The fraction of sp³-hybridized carbons (Fsp3) is 0.122. The van der Waals surface area contributed by atoms with Gasteiger partial charge in [0.15, 0.2) is 0 Å². The molecular formula is C41H34O2. The van der Waals surface area contributed by atoms with Gasteiger partial charge in [-0.3, -0.25) is 0 Å². The van der Waals surface area contributed by atoms with Gasteiger partial charge in [-0.25, -0.2) is 0 Å². The fourth-order valence-corrected chi connectivity index (χ4v) is 6.53.